The number of nitrogens with one attached hydrogen (secondary N) is 2. The molecule has 38 heavy (non-hydrogen) atoms. The smallest absolute Gasteiger partial charge is 0.211 e. The maximum absolute atomic E-state index is 11.4. The SMILES string of the molecule is C=C(NC=O)[C@]1(n2c(CCC(=NC)C(=C(C)C)[C@H](C)NC=O)cc3cc(C4CCOCC4)ccc32)CC1C. The van der Waals surface area contributed by atoms with Gasteiger partial charge in [0.25, 0.3) is 0 Å². The van der Waals surface area contributed by atoms with Gasteiger partial charge in [0.15, 0.2) is 0 Å². The van der Waals surface area contributed by atoms with Gasteiger partial charge < -0.3 is 19.9 Å². The van der Waals surface area contributed by atoms with Gasteiger partial charge in [-0.15, -0.1) is 0 Å². The molecule has 0 bridgehead atoms. The first-order chi connectivity index (χ1) is 18.3. The van der Waals surface area contributed by atoms with Crippen LogP contribution in [0.2, 0.25) is 0 Å². The number of amides is 2. The Kier molecular flexibility index (Phi) is 8.56. The van der Waals surface area contributed by atoms with Crippen LogP contribution in [-0.2, 0) is 26.3 Å². The molecule has 204 valence electrons. The average Bonchev–Trinajstić information content (AvgIpc) is 3.44. The Morgan fingerprint density at radius 3 is 2.53 bits per heavy atom. The van der Waals surface area contributed by atoms with Crippen molar-refractivity contribution in [3.8, 4) is 0 Å². The number of aryl methyl sites for hydroxylation is 1. The van der Waals surface area contributed by atoms with Gasteiger partial charge in [-0.1, -0.05) is 25.1 Å². The van der Waals surface area contributed by atoms with E-state index in [0.717, 1.165) is 80.7 Å². The number of fused-ring (bicyclic) bond motifs is 1. The molecule has 7 nitrogen and oxygen atoms in total. The molecule has 2 N–H and O–H groups in total. The molecule has 2 aliphatic rings. The van der Waals surface area contributed by atoms with E-state index >= 15 is 0 Å². The minimum Gasteiger partial charge on any atom is -0.381 e. The van der Waals surface area contributed by atoms with E-state index in [2.05, 4.69) is 71.8 Å². The van der Waals surface area contributed by atoms with Crippen molar-refractivity contribution in [2.24, 2.45) is 10.9 Å². The summed E-state index contributed by atoms with van der Waals surface area (Å²) in [6.07, 6.45) is 6.03. The van der Waals surface area contributed by atoms with Crippen LogP contribution in [0.4, 0.5) is 0 Å². The van der Waals surface area contributed by atoms with E-state index in [9.17, 15) is 9.59 Å². The average molecular weight is 519 g/mol. The van der Waals surface area contributed by atoms with Crippen LogP contribution in [0, 0.1) is 5.92 Å². The molecule has 2 heterocycles. The molecule has 2 aromatic rings. The Labute approximate surface area is 226 Å². The van der Waals surface area contributed by atoms with Gasteiger partial charge in [0, 0.05) is 48.3 Å². The van der Waals surface area contributed by atoms with Gasteiger partial charge in [-0.05, 0) is 94.0 Å². The third-order valence-corrected chi connectivity index (χ3v) is 8.51. The van der Waals surface area contributed by atoms with Crippen molar-refractivity contribution in [2.75, 3.05) is 20.3 Å². The summed E-state index contributed by atoms with van der Waals surface area (Å²) in [5.41, 5.74) is 7.35. The van der Waals surface area contributed by atoms with Crippen molar-refractivity contribution in [1.29, 1.82) is 0 Å². The second-order valence-electron chi connectivity index (χ2n) is 11.0. The third kappa shape index (κ3) is 5.21. The van der Waals surface area contributed by atoms with Crippen LogP contribution in [0.25, 0.3) is 10.9 Å². The molecule has 2 amide bonds. The second kappa shape index (κ2) is 11.7. The van der Waals surface area contributed by atoms with Crippen LogP contribution in [0.15, 0.2) is 52.7 Å². The molecule has 3 atom stereocenters. The fourth-order valence-corrected chi connectivity index (χ4v) is 6.47. The zero-order valence-corrected chi connectivity index (χ0v) is 23.5. The summed E-state index contributed by atoms with van der Waals surface area (Å²) in [6, 6.07) is 9.05. The molecule has 4 rings (SSSR count). The zero-order chi connectivity index (χ0) is 27.4. The summed E-state index contributed by atoms with van der Waals surface area (Å²) in [5, 5.41) is 6.99. The summed E-state index contributed by atoms with van der Waals surface area (Å²) in [7, 11) is 1.82. The highest BCUT2D eigenvalue weighted by molar-refractivity contribution is 6.02. The fraction of sp³-hybridized carbons (Fsp3) is 0.516. The van der Waals surface area contributed by atoms with Gasteiger partial charge >= 0.3 is 0 Å². The first kappa shape index (κ1) is 27.8. The second-order valence-corrected chi connectivity index (χ2v) is 11.0. The van der Waals surface area contributed by atoms with E-state index in [1.165, 1.54) is 22.2 Å². The van der Waals surface area contributed by atoms with E-state index in [1.54, 1.807) is 0 Å². The highest BCUT2D eigenvalue weighted by atomic mass is 16.5. The Morgan fingerprint density at radius 1 is 1.24 bits per heavy atom. The summed E-state index contributed by atoms with van der Waals surface area (Å²) in [6.45, 7) is 14.3. The predicted octanol–water partition coefficient (Wildman–Crippen LogP) is 5.00. The Morgan fingerprint density at radius 2 is 1.95 bits per heavy atom. The summed E-state index contributed by atoms with van der Waals surface area (Å²) in [4.78, 5) is 27.2. The Balaban J connectivity index is 1.75. The Hall–Kier alpha value is -3.19. The number of hydrogen-bond donors (Lipinski definition) is 2. The first-order valence-corrected chi connectivity index (χ1v) is 13.7. The molecule has 0 radical (unpaired) electrons. The minimum absolute atomic E-state index is 0.115. The number of ether oxygens (including phenoxy) is 1. The third-order valence-electron chi connectivity index (χ3n) is 8.51. The monoisotopic (exact) mass is 518 g/mol. The number of carbonyl (C=O) groups is 2. The fourth-order valence-electron chi connectivity index (χ4n) is 6.47. The molecular formula is C31H42N4O3. The van der Waals surface area contributed by atoms with Crippen LogP contribution < -0.4 is 10.6 Å². The number of benzene rings is 1. The van der Waals surface area contributed by atoms with Crippen molar-refractivity contribution in [3.05, 3.63) is 58.9 Å². The van der Waals surface area contributed by atoms with Crippen molar-refractivity contribution in [2.45, 2.75) is 77.3 Å². The quantitative estimate of drug-likeness (QED) is 0.306. The van der Waals surface area contributed by atoms with Gasteiger partial charge in [-0.25, -0.2) is 0 Å². The lowest BCUT2D eigenvalue weighted by Crippen LogP contribution is -2.32. The molecule has 2 fully saturated rings. The van der Waals surface area contributed by atoms with Crippen LogP contribution in [0.3, 0.4) is 0 Å². The van der Waals surface area contributed by atoms with E-state index < -0.39 is 0 Å². The molecule has 7 heteroatoms. The van der Waals surface area contributed by atoms with Crippen LogP contribution in [0.5, 0.6) is 0 Å². The lowest BCUT2D eigenvalue weighted by molar-refractivity contribution is -0.110. The maximum Gasteiger partial charge on any atom is 0.211 e. The van der Waals surface area contributed by atoms with Gasteiger partial charge in [-0.2, -0.15) is 0 Å². The Bertz CT molecular complexity index is 1260. The number of allylic oxidation sites excluding steroid dienone is 2. The van der Waals surface area contributed by atoms with Crippen molar-refractivity contribution < 1.29 is 14.3 Å². The summed E-state index contributed by atoms with van der Waals surface area (Å²) < 4.78 is 8.01. The number of nitrogens with zero attached hydrogens (tertiary/aromatic N) is 2. The van der Waals surface area contributed by atoms with E-state index in [-0.39, 0.29) is 11.6 Å². The van der Waals surface area contributed by atoms with Crippen LogP contribution in [-0.4, -0.2) is 49.4 Å². The van der Waals surface area contributed by atoms with Gasteiger partial charge in [-0.3, -0.25) is 14.6 Å². The van der Waals surface area contributed by atoms with Gasteiger partial charge in [0.2, 0.25) is 12.8 Å². The van der Waals surface area contributed by atoms with Gasteiger partial charge in [0.1, 0.15) is 0 Å². The van der Waals surface area contributed by atoms with Gasteiger partial charge in [0.05, 0.1) is 11.6 Å². The number of hydrogen-bond acceptors (Lipinski definition) is 4. The number of rotatable bonds is 12. The van der Waals surface area contributed by atoms with E-state index in [1.807, 2.05) is 14.0 Å². The van der Waals surface area contributed by atoms with Crippen LogP contribution >= 0.6 is 0 Å². The molecule has 1 aliphatic carbocycles. The summed E-state index contributed by atoms with van der Waals surface area (Å²) >= 11 is 0. The number of aromatic nitrogens is 1. The topological polar surface area (TPSA) is 84.7 Å². The largest absolute Gasteiger partial charge is 0.381 e. The van der Waals surface area contributed by atoms with E-state index in [4.69, 9.17) is 4.74 Å². The van der Waals surface area contributed by atoms with Crippen molar-refractivity contribution >= 4 is 29.4 Å². The predicted molar refractivity (Wildman–Crippen MR) is 154 cm³/mol. The molecule has 1 aliphatic heterocycles. The lowest BCUT2D eigenvalue weighted by Gasteiger charge is -2.26. The molecular weight excluding hydrogens is 476 g/mol. The highest BCUT2D eigenvalue weighted by Crippen LogP contribution is 2.56. The molecule has 1 saturated heterocycles. The molecule has 1 aromatic carbocycles. The normalized spacial score (nSPS) is 22.6. The zero-order valence-electron chi connectivity index (χ0n) is 23.5. The van der Waals surface area contributed by atoms with Crippen molar-refractivity contribution in [3.63, 3.8) is 0 Å². The highest BCUT2D eigenvalue weighted by Gasteiger charge is 2.56. The standard InChI is InChI=1S/C31H42N4O3/c1-20(2)30(22(4)33-18-36)28(32-6)9-8-27-16-26-15-25(24-11-13-38-14-12-24)7-10-29(26)35(27)31(17-21(31)3)23(5)34-19-37/h7,10,15-16,18-19,21-22,24H,5,8-9,11-14,17H2,1-4,6H3,(H,33,36)(H,34,37)/t21?,22-,31-/m0/s1. The molecule has 1 unspecified atom stereocenters. The summed E-state index contributed by atoms with van der Waals surface area (Å²) in [5.74, 6) is 0.878. The maximum atomic E-state index is 11.4. The molecule has 1 aromatic heterocycles. The number of aliphatic imine (C=N–C) groups is 1. The first-order valence-electron chi connectivity index (χ1n) is 13.7. The van der Waals surface area contributed by atoms with E-state index in [0.29, 0.717) is 11.8 Å². The number of carbonyl (C=O) groups excluding carboxylic acids is 2. The molecule has 0 spiro atoms. The lowest BCUT2D eigenvalue weighted by atomic mass is 9.91. The van der Waals surface area contributed by atoms with Crippen LogP contribution in [0.1, 0.15) is 70.6 Å². The van der Waals surface area contributed by atoms with Crippen molar-refractivity contribution in [1.82, 2.24) is 15.2 Å². The molecule has 1 saturated carbocycles. The minimum atomic E-state index is -0.340.